The van der Waals surface area contributed by atoms with E-state index < -0.39 is 0 Å². The molecule has 0 amide bonds. The Morgan fingerprint density at radius 3 is 2.44 bits per heavy atom. The van der Waals surface area contributed by atoms with Crippen molar-refractivity contribution in [3.05, 3.63) is 30.4 Å². The van der Waals surface area contributed by atoms with Gasteiger partial charge in [-0.15, -0.1) is 6.58 Å². The molecule has 1 aromatic rings. The molecule has 0 saturated carbocycles. The van der Waals surface area contributed by atoms with Crippen molar-refractivity contribution in [3.8, 4) is 17.2 Å². The lowest BCUT2D eigenvalue weighted by Gasteiger charge is -2.13. The molecule has 0 saturated heterocycles. The summed E-state index contributed by atoms with van der Waals surface area (Å²) in [5.41, 5.74) is 0.671. The Hall–Kier alpha value is -1.72. The summed E-state index contributed by atoms with van der Waals surface area (Å²) in [6.45, 7) is 3.82. The van der Waals surface area contributed by atoms with Gasteiger partial charge in [-0.05, 0) is 12.5 Å². The normalized spacial score (nSPS) is 10.1. The van der Waals surface area contributed by atoms with Crippen molar-refractivity contribution in [2.75, 3.05) is 27.8 Å². The summed E-state index contributed by atoms with van der Waals surface area (Å²) in [6, 6.07) is 3.30. The number of ether oxygens (including phenoxy) is 4. The van der Waals surface area contributed by atoms with Crippen LogP contribution in [0.4, 0.5) is 0 Å². The summed E-state index contributed by atoms with van der Waals surface area (Å²) in [6.07, 6.45) is 2.20. The number of rotatable bonds is 8. The van der Waals surface area contributed by atoms with Gasteiger partial charge in [-0.1, -0.05) is 6.08 Å². The molecule has 1 N–H and O–H groups in total. The van der Waals surface area contributed by atoms with E-state index in [1.54, 1.807) is 18.2 Å². The number of benzene rings is 1. The van der Waals surface area contributed by atoms with Crippen LogP contribution in [0.2, 0.25) is 0 Å². The minimum absolute atomic E-state index is 0.0504. The van der Waals surface area contributed by atoms with Gasteiger partial charge in [-0.2, -0.15) is 0 Å². The average molecular weight is 254 g/mol. The number of aromatic hydroxyl groups is 1. The van der Waals surface area contributed by atoms with Gasteiger partial charge in [-0.25, -0.2) is 0 Å². The molecule has 1 aromatic carbocycles. The third-order valence-corrected chi connectivity index (χ3v) is 2.17. The van der Waals surface area contributed by atoms with E-state index in [1.807, 2.05) is 0 Å². The molecular formula is C13H18O5. The van der Waals surface area contributed by atoms with Gasteiger partial charge in [0.05, 0.1) is 0 Å². The second kappa shape index (κ2) is 7.58. The van der Waals surface area contributed by atoms with Crippen LogP contribution < -0.4 is 9.47 Å². The van der Waals surface area contributed by atoms with Gasteiger partial charge in [0.15, 0.2) is 25.1 Å². The van der Waals surface area contributed by atoms with Crippen LogP contribution in [0.1, 0.15) is 5.56 Å². The van der Waals surface area contributed by atoms with Crippen molar-refractivity contribution in [3.63, 3.8) is 0 Å². The van der Waals surface area contributed by atoms with Gasteiger partial charge >= 0.3 is 0 Å². The predicted molar refractivity (Wildman–Crippen MR) is 67.0 cm³/mol. The lowest BCUT2D eigenvalue weighted by atomic mass is 10.1. The Morgan fingerprint density at radius 1 is 1.17 bits per heavy atom. The molecule has 0 heterocycles. The molecule has 0 radical (unpaired) electrons. The third kappa shape index (κ3) is 3.94. The highest BCUT2D eigenvalue weighted by Crippen LogP contribution is 2.35. The fourth-order valence-corrected chi connectivity index (χ4v) is 1.39. The Bertz CT molecular complexity index is 389. The zero-order chi connectivity index (χ0) is 13.4. The van der Waals surface area contributed by atoms with Crippen LogP contribution in [0.15, 0.2) is 24.8 Å². The maximum absolute atomic E-state index is 9.98. The molecule has 0 bridgehead atoms. The highest BCUT2D eigenvalue weighted by atomic mass is 16.7. The Labute approximate surface area is 107 Å². The van der Waals surface area contributed by atoms with E-state index in [2.05, 4.69) is 6.58 Å². The maximum atomic E-state index is 9.98. The summed E-state index contributed by atoms with van der Waals surface area (Å²) in [5, 5.41) is 9.98. The van der Waals surface area contributed by atoms with Gasteiger partial charge in [0.25, 0.3) is 0 Å². The van der Waals surface area contributed by atoms with E-state index in [1.165, 1.54) is 14.2 Å². The van der Waals surface area contributed by atoms with E-state index in [4.69, 9.17) is 18.9 Å². The van der Waals surface area contributed by atoms with Crippen molar-refractivity contribution in [2.45, 2.75) is 6.42 Å². The minimum Gasteiger partial charge on any atom is -0.504 e. The molecule has 0 aliphatic heterocycles. The highest BCUT2D eigenvalue weighted by molar-refractivity contribution is 5.51. The summed E-state index contributed by atoms with van der Waals surface area (Å²) >= 11 is 0. The summed E-state index contributed by atoms with van der Waals surface area (Å²) in [5.74, 6) is 0.927. The van der Waals surface area contributed by atoms with Gasteiger partial charge in [0.1, 0.15) is 5.75 Å². The molecule has 0 unspecified atom stereocenters. The summed E-state index contributed by atoms with van der Waals surface area (Å²) < 4.78 is 20.2. The van der Waals surface area contributed by atoms with E-state index in [9.17, 15) is 5.11 Å². The Kier molecular flexibility index (Phi) is 6.04. The standard InChI is InChI=1S/C13H18O5/c1-4-5-10-6-11(17-8-15-2)7-12(13(10)14)18-9-16-3/h4,6-7,14H,1,5,8-9H2,2-3H3. The molecule has 0 fully saturated rings. The van der Waals surface area contributed by atoms with Crippen LogP contribution in [-0.2, 0) is 15.9 Å². The molecule has 5 heteroatoms. The quantitative estimate of drug-likeness (QED) is 0.568. The number of hydrogen-bond donors (Lipinski definition) is 1. The number of phenols is 1. The van der Waals surface area contributed by atoms with Crippen LogP contribution in [-0.4, -0.2) is 32.9 Å². The minimum atomic E-state index is 0.0504. The Balaban J connectivity index is 2.97. The average Bonchev–Trinajstić information content (AvgIpc) is 2.38. The molecule has 100 valence electrons. The zero-order valence-corrected chi connectivity index (χ0v) is 10.6. The molecule has 5 nitrogen and oxygen atoms in total. The predicted octanol–water partition coefficient (Wildman–Crippen LogP) is 2.09. The molecule has 1 rings (SSSR count). The molecule has 0 atom stereocenters. The van der Waals surface area contributed by atoms with Crippen molar-refractivity contribution < 1.29 is 24.1 Å². The fourth-order valence-electron chi connectivity index (χ4n) is 1.39. The van der Waals surface area contributed by atoms with E-state index in [-0.39, 0.29) is 19.3 Å². The van der Waals surface area contributed by atoms with Crippen LogP contribution in [0.25, 0.3) is 0 Å². The zero-order valence-electron chi connectivity index (χ0n) is 10.6. The first-order valence-electron chi connectivity index (χ1n) is 5.43. The second-order valence-electron chi connectivity index (χ2n) is 3.52. The largest absolute Gasteiger partial charge is 0.504 e. The smallest absolute Gasteiger partial charge is 0.188 e. The van der Waals surface area contributed by atoms with E-state index >= 15 is 0 Å². The molecule has 0 aliphatic rings. The topological polar surface area (TPSA) is 57.2 Å². The van der Waals surface area contributed by atoms with Gasteiger partial charge in [0.2, 0.25) is 0 Å². The van der Waals surface area contributed by atoms with Crippen LogP contribution in [0.5, 0.6) is 17.2 Å². The number of allylic oxidation sites excluding steroid dienone is 1. The first kappa shape index (κ1) is 14.3. The van der Waals surface area contributed by atoms with Crippen LogP contribution in [0.3, 0.4) is 0 Å². The molecule has 0 aliphatic carbocycles. The molecule has 0 aromatic heterocycles. The summed E-state index contributed by atoms with van der Waals surface area (Å²) in [4.78, 5) is 0. The summed E-state index contributed by atoms with van der Waals surface area (Å²) in [7, 11) is 3.04. The third-order valence-electron chi connectivity index (χ3n) is 2.17. The van der Waals surface area contributed by atoms with Crippen molar-refractivity contribution in [2.24, 2.45) is 0 Å². The van der Waals surface area contributed by atoms with Crippen LogP contribution >= 0.6 is 0 Å². The Morgan fingerprint density at radius 2 is 1.83 bits per heavy atom. The van der Waals surface area contributed by atoms with Gasteiger partial charge in [0, 0.05) is 25.8 Å². The van der Waals surface area contributed by atoms with Crippen LogP contribution in [0, 0.1) is 0 Å². The van der Waals surface area contributed by atoms with E-state index in [0.717, 1.165) is 0 Å². The van der Waals surface area contributed by atoms with Crippen molar-refractivity contribution >= 4 is 0 Å². The highest BCUT2D eigenvalue weighted by Gasteiger charge is 2.11. The monoisotopic (exact) mass is 254 g/mol. The first-order chi connectivity index (χ1) is 8.72. The number of phenolic OH excluding ortho intramolecular Hbond substituents is 1. The lowest BCUT2D eigenvalue weighted by molar-refractivity contribution is 0.0446. The van der Waals surface area contributed by atoms with Gasteiger partial charge < -0.3 is 24.1 Å². The number of methoxy groups -OCH3 is 2. The lowest BCUT2D eigenvalue weighted by Crippen LogP contribution is -2.03. The molecule has 18 heavy (non-hydrogen) atoms. The second-order valence-corrected chi connectivity index (χ2v) is 3.52. The number of hydrogen-bond acceptors (Lipinski definition) is 5. The van der Waals surface area contributed by atoms with Gasteiger partial charge in [-0.3, -0.25) is 0 Å². The SMILES string of the molecule is C=CCc1cc(OCOC)cc(OCOC)c1O. The molecular weight excluding hydrogens is 236 g/mol. The first-order valence-corrected chi connectivity index (χ1v) is 5.43. The van der Waals surface area contributed by atoms with Crippen molar-refractivity contribution in [1.82, 2.24) is 0 Å². The molecule has 0 spiro atoms. The van der Waals surface area contributed by atoms with E-state index in [0.29, 0.717) is 23.5 Å². The maximum Gasteiger partial charge on any atom is 0.188 e. The van der Waals surface area contributed by atoms with Crippen molar-refractivity contribution in [1.29, 1.82) is 0 Å². The fraction of sp³-hybridized carbons (Fsp3) is 0.385.